The summed E-state index contributed by atoms with van der Waals surface area (Å²) in [6.07, 6.45) is 1.66. The smallest absolute Gasteiger partial charge is 0.267 e. The van der Waals surface area contributed by atoms with Crippen molar-refractivity contribution in [1.29, 1.82) is 0 Å². The Bertz CT molecular complexity index is 1620. The first kappa shape index (κ1) is 22.7. The number of carbonyl (C=O) groups is 1. The number of rotatable bonds is 6. The first-order valence-electron chi connectivity index (χ1n) is 11.3. The Morgan fingerprint density at radius 1 is 1.11 bits per heavy atom. The number of para-hydroxylation sites is 1. The lowest BCUT2D eigenvalue weighted by Gasteiger charge is -2.15. The minimum absolute atomic E-state index is 0.280. The van der Waals surface area contributed by atoms with E-state index in [1.54, 1.807) is 59.2 Å². The molecule has 6 nitrogen and oxygen atoms in total. The largest absolute Gasteiger partial charge is 0.506 e. The van der Waals surface area contributed by atoms with Crippen LogP contribution in [0.5, 0.6) is 5.75 Å². The third-order valence-electron chi connectivity index (χ3n) is 5.85. The van der Waals surface area contributed by atoms with Gasteiger partial charge < -0.3 is 15.0 Å². The van der Waals surface area contributed by atoms with Gasteiger partial charge in [0.25, 0.3) is 11.5 Å². The minimum atomic E-state index is -0.674. The molecule has 35 heavy (non-hydrogen) atoms. The number of anilines is 1. The highest BCUT2D eigenvalue weighted by Crippen LogP contribution is 2.32. The monoisotopic (exact) mass is 487 g/mol. The van der Waals surface area contributed by atoms with E-state index in [1.807, 2.05) is 6.92 Å². The maximum Gasteiger partial charge on any atom is 0.267 e. The fourth-order valence-corrected chi connectivity index (χ4v) is 5.04. The van der Waals surface area contributed by atoms with Crippen molar-refractivity contribution < 1.29 is 14.3 Å². The summed E-state index contributed by atoms with van der Waals surface area (Å²) in [5, 5.41) is 14.7. The number of aromatic hydroxyl groups is 1. The number of halogens is 1. The fraction of sp³-hybridized carbons (Fsp3) is 0.148. The standard InChI is InChI=1S/C27H22FN3O3S/c1-2-3-14-31-21-7-5-4-6-19(21)24(32)23(27(31)34)25(33)29-18-11-8-16(9-12-18)26-30-20-13-10-17(28)15-22(20)35-26/h4-13,15,32H,2-3,14H2,1H3,(H,29,33). The van der Waals surface area contributed by atoms with Crippen molar-refractivity contribution in [2.24, 2.45) is 0 Å². The van der Waals surface area contributed by atoms with Crippen LogP contribution in [0.3, 0.4) is 0 Å². The normalized spacial score (nSPS) is 11.3. The van der Waals surface area contributed by atoms with Crippen molar-refractivity contribution in [2.45, 2.75) is 26.3 Å². The summed E-state index contributed by atoms with van der Waals surface area (Å²) in [4.78, 5) is 30.8. The molecule has 5 rings (SSSR count). The molecule has 0 aliphatic carbocycles. The molecule has 2 aromatic heterocycles. The number of carbonyl (C=O) groups excluding carboxylic acids is 1. The number of aryl methyl sites for hydroxylation is 1. The van der Waals surface area contributed by atoms with Crippen molar-refractivity contribution in [3.63, 3.8) is 0 Å². The average Bonchev–Trinajstić information content (AvgIpc) is 3.28. The van der Waals surface area contributed by atoms with Crippen LogP contribution in [0.2, 0.25) is 0 Å². The first-order valence-corrected chi connectivity index (χ1v) is 12.1. The second kappa shape index (κ2) is 9.31. The van der Waals surface area contributed by atoms with Gasteiger partial charge in [0.15, 0.2) is 0 Å². The molecule has 3 aromatic carbocycles. The lowest BCUT2D eigenvalue weighted by molar-refractivity contribution is 0.102. The number of amides is 1. The summed E-state index contributed by atoms with van der Waals surface area (Å²) in [5.74, 6) is -1.31. The van der Waals surface area contributed by atoms with Crippen molar-refractivity contribution in [1.82, 2.24) is 9.55 Å². The molecule has 0 aliphatic rings. The van der Waals surface area contributed by atoms with E-state index in [2.05, 4.69) is 10.3 Å². The van der Waals surface area contributed by atoms with Gasteiger partial charge in [0, 0.05) is 23.2 Å². The summed E-state index contributed by atoms with van der Waals surface area (Å²) in [5.41, 5.74) is 1.80. The molecule has 1 amide bonds. The molecule has 0 aliphatic heterocycles. The van der Waals surface area contributed by atoms with E-state index >= 15 is 0 Å². The van der Waals surface area contributed by atoms with Crippen molar-refractivity contribution >= 4 is 44.1 Å². The quantitative estimate of drug-likeness (QED) is 0.300. The molecule has 176 valence electrons. The predicted molar refractivity (Wildman–Crippen MR) is 138 cm³/mol. The maximum atomic E-state index is 13.5. The van der Waals surface area contributed by atoms with E-state index in [4.69, 9.17) is 0 Å². The Hall–Kier alpha value is -4.04. The van der Waals surface area contributed by atoms with Gasteiger partial charge in [0.05, 0.1) is 15.7 Å². The zero-order chi connectivity index (χ0) is 24.5. The molecule has 2 N–H and O–H groups in total. The van der Waals surface area contributed by atoms with Crippen molar-refractivity contribution in [3.8, 4) is 16.3 Å². The zero-order valence-electron chi connectivity index (χ0n) is 18.9. The molecule has 2 heterocycles. The molecule has 0 spiro atoms. The van der Waals surface area contributed by atoms with Gasteiger partial charge in [-0.2, -0.15) is 0 Å². The summed E-state index contributed by atoms with van der Waals surface area (Å²) in [6, 6.07) is 18.5. The van der Waals surface area contributed by atoms with Crippen molar-refractivity contribution in [2.75, 3.05) is 5.32 Å². The number of unbranched alkanes of at least 4 members (excludes halogenated alkanes) is 1. The number of aromatic nitrogens is 2. The molecule has 0 radical (unpaired) electrons. The highest BCUT2D eigenvalue weighted by Gasteiger charge is 2.22. The zero-order valence-corrected chi connectivity index (χ0v) is 19.7. The van der Waals surface area contributed by atoms with Crippen LogP contribution >= 0.6 is 11.3 Å². The van der Waals surface area contributed by atoms with Crippen LogP contribution < -0.4 is 10.9 Å². The molecular formula is C27H22FN3O3S. The highest BCUT2D eigenvalue weighted by molar-refractivity contribution is 7.21. The van der Waals surface area contributed by atoms with Gasteiger partial charge in [0.1, 0.15) is 22.1 Å². The predicted octanol–water partition coefficient (Wildman–Crippen LogP) is 6.18. The molecule has 5 aromatic rings. The Morgan fingerprint density at radius 2 is 1.89 bits per heavy atom. The van der Waals surface area contributed by atoms with Crippen LogP contribution in [-0.2, 0) is 6.54 Å². The third kappa shape index (κ3) is 4.28. The fourth-order valence-electron chi connectivity index (χ4n) is 4.04. The summed E-state index contributed by atoms with van der Waals surface area (Å²) in [7, 11) is 0. The van der Waals surface area contributed by atoms with Crippen LogP contribution in [0, 0.1) is 5.82 Å². The molecule has 0 bridgehead atoms. The number of thiazole rings is 1. The minimum Gasteiger partial charge on any atom is -0.506 e. The topological polar surface area (TPSA) is 84.2 Å². The average molecular weight is 488 g/mol. The SMILES string of the molecule is CCCCn1c(=O)c(C(=O)Nc2ccc(-c3nc4ccc(F)cc4s3)cc2)c(O)c2ccccc21. The Balaban J connectivity index is 1.45. The second-order valence-electron chi connectivity index (χ2n) is 8.21. The van der Waals surface area contributed by atoms with E-state index in [-0.39, 0.29) is 17.1 Å². The molecular weight excluding hydrogens is 465 g/mol. The molecule has 0 unspecified atom stereocenters. The second-order valence-corrected chi connectivity index (χ2v) is 9.24. The van der Waals surface area contributed by atoms with Crippen LogP contribution in [0.1, 0.15) is 30.1 Å². The van der Waals surface area contributed by atoms with Gasteiger partial charge in [-0.15, -0.1) is 11.3 Å². The van der Waals surface area contributed by atoms with Gasteiger partial charge in [-0.05, 0) is 61.0 Å². The van der Waals surface area contributed by atoms with Crippen LogP contribution in [0.4, 0.5) is 10.1 Å². The lowest BCUT2D eigenvalue weighted by Crippen LogP contribution is -2.30. The molecule has 0 fully saturated rings. The van der Waals surface area contributed by atoms with Gasteiger partial charge in [-0.25, -0.2) is 9.37 Å². The number of hydrogen-bond donors (Lipinski definition) is 2. The molecule has 0 saturated heterocycles. The summed E-state index contributed by atoms with van der Waals surface area (Å²) in [6.45, 7) is 2.48. The van der Waals surface area contributed by atoms with E-state index < -0.39 is 11.5 Å². The van der Waals surface area contributed by atoms with Gasteiger partial charge in [-0.1, -0.05) is 25.5 Å². The summed E-state index contributed by atoms with van der Waals surface area (Å²) >= 11 is 1.38. The van der Waals surface area contributed by atoms with Gasteiger partial charge >= 0.3 is 0 Å². The third-order valence-corrected chi connectivity index (χ3v) is 6.92. The Morgan fingerprint density at radius 3 is 2.66 bits per heavy atom. The van der Waals surface area contributed by atoms with E-state index in [9.17, 15) is 19.1 Å². The van der Waals surface area contributed by atoms with E-state index in [1.165, 1.54) is 23.5 Å². The number of hydrogen-bond acceptors (Lipinski definition) is 5. The van der Waals surface area contributed by atoms with Crippen LogP contribution in [0.15, 0.2) is 71.5 Å². The molecule has 0 atom stereocenters. The van der Waals surface area contributed by atoms with Crippen LogP contribution in [0.25, 0.3) is 31.7 Å². The number of nitrogens with zero attached hydrogens (tertiary/aromatic N) is 2. The Kier molecular flexibility index (Phi) is 6.05. The number of fused-ring (bicyclic) bond motifs is 2. The first-order chi connectivity index (χ1) is 17.0. The lowest BCUT2D eigenvalue weighted by atomic mass is 10.1. The number of pyridine rings is 1. The Labute approximate surface area is 204 Å². The maximum absolute atomic E-state index is 13.5. The van der Waals surface area contributed by atoms with Gasteiger partial charge in [0.2, 0.25) is 0 Å². The van der Waals surface area contributed by atoms with Gasteiger partial charge in [-0.3, -0.25) is 9.59 Å². The highest BCUT2D eigenvalue weighted by atomic mass is 32.1. The number of benzene rings is 3. The molecule has 8 heteroatoms. The van der Waals surface area contributed by atoms with E-state index in [0.29, 0.717) is 23.1 Å². The number of nitrogens with one attached hydrogen (secondary N) is 1. The van der Waals surface area contributed by atoms with E-state index in [0.717, 1.165) is 33.6 Å². The van der Waals surface area contributed by atoms with Crippen molar-refractivity contribution in [3.05, 3.63) is 88.5 Å². The summed E-state index contributed by atoms with van der Waals surface area (Å²) < 4.78 is 15.8. The van der Waals surface area contributed by atoms with Crippen LogP contribution in [-0.4, -0.2) is 20.6 Å². The molecule has 0 saturated carbocycles.